The summed E-state index contributed by atoms with van der Waals surface area (Å²) >= 11 is 0. The van der Waals surface area contributed by atoms with Crippen LogP contribution in [0.15, 0.2) is 188 Å². The monoisotopic (exact) mass is 1350 g/mol. The molecule has 0 aliphatic carbocycles. The summed E-state index contributed by atoms with van der Waals surface area (Å²) in [6.45, 7) is 10.6. The first-order valence-corrected chi connectivity index (χ1v) is 20.4. The predicted molar refractivity (Wildman–Crippen MR) is 250 cm³/mol. The zero-order valence-electron chi connectivity index (χ0n) is 35.9. The van der Waals surface area contributed by atoms with Gasteiger partial charge in [-0.05, 0) is 77.7 Å². The molecule has 9 rings (SSSR count). The summed E-state index contributed by atoms with van der Waals surface area (Å²) in [5.74, 6) is 0. The minimum Gasteiger partial charge on any atom is -0.304 e. The molecule has 0 unspecified atom stereocenters. The van der Waals surface area contributed by atoms with Crippen molar-refractivity contribution in [1.82, 2.24) is 15.0 Å². The van der Waals surface area contributed by atoms with E-state index in [1.807, 2.05) is 97.5 Å². The van der Waals surface area contributed by atoms with Crippen LogP contribution < -0.4 is 0 Å². The van der Waals surface area contributed by atoms with Crippen LogP contribution >= 0.6 is 0 Å². The number of hydrogen-bond acceptors (Lipinski definition) is 3. The van der Waals surface area contributed by atoms with Gasteiger partial charge in [0.05, 0.1) is 0 Å². The van der Waals surface area contributed by atoms with E-state index in [1.54, 1.807) is 0 Å². The molecule has 0 saturated carbocycles. The second-order valence-corrected chi connectivity index (χ2v) is 14.8. The molecule has 0 amide bonds. The zero-order valence-corrected chi connectivity index (χ0v) is 43.1. The average molecular weight is 1350 g/mol. The number of pyridine rings is 3. The van der Waals surface area contributed by atoms with Crippen LogP contribution in [-0.2, 0) is 66.7 Å². The Morgan fingerprint density at radius 2 is 0.825 bits per heavy atom. The van der Waals surface area contributed by atoms with Crippen molar-refractivity contribution in [1.29, 1.82) is 0 Å². The summed E-state index contributed by atoms with van der Waals surface area (Å²) in [5.41, 5.74) is 19.6. The minimum atomic E-state index is 0. The van der Waals surface area contributed by atoms with Gasteiger partial charge in [0.25, 0.3) is 0 Å². The zero-order chi connectivity index (χ0) is 41.7. The van der Waals surface area contributed by atoms with Crippen molar-refractivity contribution in [2.75, 3.05) is 0 Å². The molecule has 6 aromatic carbocycles. The van der Waals surface area contributed by atoms with Crippen LogP contribution in [0.5, 0.6) is 0 Å². The average Bonchev–Trinajstić information content (AvgIpc) is 3.30. The van der Waals surface area contributed by atoms with Gasteiger partial charge in [-0.1, -0.05) is 123 Å². The molecule has 0 N–H and O–H groups in total. The first-order valence-electron chi connectivity index (χ1n) is 20.4. The van der Waals surface area contributed by atoms with Crippen LogP contribution in [0, 0.1) is 45.9 Å². The molecule has 0 fully saturated rings. The minimum absolute atomic E-state index is 0. The van der Waals surface area contributed by atoms with Gasteiger partial charge in [0.1, 0.15) is 0 Å². The van der Waals surface area contributed by atoms with E-state index >= 15 is 0 Å². The first-order chi connectivity index (χ1) is 29.4. The fourth-order valence-electron chi connectivity index (χ4n) is 7.09. The number of aryl methyl sites for hydroxylation is 5. The van der Waals surface area contributed by atoms with Crippen molar-refractivity contribution in [3.63, 3.8) is 0 Å². The van der Waals surface area contributed by atoms with Gasteiger partial charge in [-0.3, -0.25) is 0 Å². The van der Waals surface area contributed by atoms with Crippen molar-refractivity contribution < 1.29 is 60.3 Å². The topological polar surface area (TPSA) is 38.7 Å². The van der Waals surface area contributed by atoms with Crippen molar-refractivity contribution >= 4 is 0 Å². The van der Waals surface area contributed by atoms with E-state index in [9.17, 15) is 0 Å². The molecule has 0 atom stereocenters. The van der Waals surface area contributed by atoms with Gasteiger partial charge < -0.3 is 15.0 Å². The van der Waals surface area contributed by atoms with Crippen LogP contribution in [0.25, 0.3) is 67.2 Å². The third-order valence-corrected chi connectivity index (χ3v) is 10.3. The van der Waals surface area contributed by atoms with Crippen molar-refractivity contribution in [3.8, 4) is 67.2 Å². The molecular formula is C57H48Ir3N3-3. The maximum atomic E-state index is 4.63. The Labute approximate surface area is 414 Å². The largest absolute Gasteiger partial charge is 0.304 e. The third-order valence-electron chi connectivity index (χ3n) is 10.3. The van der Waals surface area contributed by atoms with Crippen molar-refractivity contribution in [3.05, 3.63) is 234 Å². The fraction of sp³-hybridized carbons (Fsp3) is 0.105. The quantitative estimate of drug-likeness (QED) is 0.149. The first kappa shape index (κ1) is 50.4. The molecule has 63 heavy (non-hydrogen) atoms. The maximum absolute atomic E-state index is 4.63. The smallest absolute Gasteiger partial charge is 0.0242 e. The second kappa shape index (κ2) is 25.1. The molecule has 3 aromatic heterocycles. The Hall–Kier alpha value is -5.28. The Balaban J connectivity index is 0.000000203. The summed E-state index contributed by atoms with van der Waals surface area (Å²) in [7, 11) is 0. The molecule has 0 saturated heterocycles. The van der Waals surface area contributed by atoms with E-state index in [1.165, 1.54) is 61.2 Å². The number of aromatic nitrogens is 3. The van der Waals surface area contributed by atoms with E-state index in [0.29, 0.717) is 0 Å². The third kappa shape index (κ3) is 13.6. The van der Waals surface area contributed by atoms with Crippen molar-refractivity contribution in [2.24, 2.45) is 0 Å². The molecule has 3 radical (unpaired) electrons. The SMILES string of the molecule is CCc1cc(-c2[c-]cccc2)ncc1-c1ccccc1.Cc1cc(-c2[c-]cccc2)ncc1-c1ccccc1.Cc1cc[c-]c(-c2cc(C)c(-c3cccc(C)c3)cn2)c1.[Ir].[Ir].[Ir]. The molecule has 0 aliphatic heterocycles. The normalized spacial score (nSPS) is 9.98. The summed E-state index contributed by atoms with van der Waals surface area (Å²) in [6, 6.07) is 67.4. The van der Waals surface area contributed by atoms with E-state index < -0.39 is 0 Å². The predicted octanol–water partition coefficient (Wildman–Crippen LogP) is 14.4. The summed E-state index contributed by atoms with van der Waals surface area (Å²) in [5, 5.41) is 0. The molecule has 0 aliphatic rings. The summed E-state index contributed by atoms with van der Waals surface area (Å²) in [6.07, 6.45) is 6.88. The Morgan fingerprint density at radius 3 is 1.32 bits per heavy atom. The summed E-state index contributed by atoms with van der Waals surface area (Å²) in [4.78, 5) is 13.8. The van der Waals surface area contributed by atoms with Gasteiger partial charge in [-0.25, -0.2) is 0 Å². The second-order valence-electron chi connectivity index (χ2n) is 14.8. The fourth-order valence-corrected chi connectivity index (χ4v) is 7.09. The number of nitrogens with zero attached hydrogens (tertiary/aromatic N) is 3. The van der Waals surface area contributed by atoms with Crippen LogP contribution in [-0.4, -0.2) is 15.0 Å². The van der Waals surface area contributed by atoms with E-state index in [-0.39, 0.29) is 60.3 Å². The standard InChI is InChI=1S/C20H18N.C19H16N.C18H14N.3Ir/c1-14-6-4-8-17(10-14)19-13-21-20(12-16(19)3)18-9-5-7-15(2)11-18;1-2-15-13-19(17-11-7-4-8-12-17)20-14-18(15)16-9-5-3-6-10-16;1-14-12-18(16-10-6-3-7-11-16)19-13-17(14)15-8-4-2-5-9-15;;;/h4-8,10-13H,1-3H3;3-11,13-14H,2H2,1H3;2-10,12-13H,1H3;;;/q3*-1;;;. The molecule has 3 nitrogen and oxygen atoms in total. The van der Waals surface area contributed by atoms with Gasteiger partial charge in [-0.2, -0.15) is 0 Å². The van der Waals surface area contributed by atoms with Crippen LogP contribution in [0.2, 0.25) is 0 Å². The van der Waals surface area contributed by atoms with Crippen LogP contribution in [0.4, 0.5) is 0 Å². The Kier molecular flexibility index (Phi) is 20.1. The van der Waals surface area contributed by atoms with E-state index in [0.717, 1.165) is 40.2 Å². The van der Waals surface area contributed by atoms with Gasteiger partial charge in [0.15, 0.2) is 0 Å². The van der Waals surface area contributed by atoms with Gasteiger partial charge in [-0.15, -0.1) is 107 Å². The Morgan fingerprint density at radius 1 is 0.381 bits per heavy atom. The van der Waals surface area contributed by atoms with E-state index in [2.05, 4.69) is 159 Å². The van der Waals surface area contributed by atoms with Gasteiger partial charge >= 0.3 is 0 Å². The number of rotatable bonds is 7. The molecule has 321 valence electrons. The van der Waals surface area contributed by atoms with E-state index in [4.69, 9.17) is 0 Å². The Bertz CT molecular complexity index is 2780. The van der Waals surface area contributed by atoms with Crippen LogP contribution in [0.3, 0.4) is 0 Å². The van der Waals surface area contributed by atoms with Gasteiger partial charge in [0, 0.05) is 95.6 Å². The van der Waals surface area contributed by atoms with Gasteiger partial charge in [0.2, 0.25) is 0 Å². The maximum Gasteiger partial charge on any atom is 0.0242 e. The molecule has 0 spiro atoms. The number of benzene rings is 6. The molecule has 3 heterocycles. The molecule has 9 aromatic rings. The number of hydrogen-bond donors (Lipinski definition) is 0. The molecular weight excluding hydrogens is 1300 g/mol. The molecule has 6 heteroatoms. The van der Waals surface area contributed by atoms with Crippen molar-refractivity contribution in [2.45, 2.75) is 41.0 Å². The summed E-state index contributed by atoms with van der Waals surface area (Å²) < 4.78 is 0. The molecule has 0 bridgehead atoms. The van der Waals surface area contributed by atoms with Crippen LogP contribution in [0.1, 0.15) is 34.7 Å².